The highest BCUT2D eigenvalue weighted by atomic mass is 19.2. The van der Waals surface area contributed by atoms with Crippen molar-refractivity contribution in [2.24, 2.45) is 5.73 Å². The monoisotopic (exact) mass is 224 g/mol. The molecule has 16 heavy (non-hydrogen) atoms. The summed E-state index contributed by atoms with van der Waals surface area (Å²) in [5.74, 6) is -1.81. The Labute approximate surface area is 90.7 Å². The van der Waals surface area contributed by atoms with Gasteiger partial charge >= 0.3 is 0 Å². The van der Waals surface area contributed by atoms with Gasteiger partial charge in [-0.05, 0) is 19.1 Å². The third kappa shape index (κ3) is 1.92. The Hall–Kier alpha value is -1.82. The second-order valence-corrected chi connectivity index (χ2v) is 3.48. The van der Waals surface area contributed by atoms with Gasteiger partial charge in [-0.2, -0.15) is 0 Å². The van der Waals surface area contributed by atoms with E-state index in [-0.39, 0.29) is 6.04 Å². The van der Waals surface area contributed by atoms with E-state index in [4.69, 9.17) is 5.73 Å². The van der Waals surface area contributed by atoms with Crippen molar-refractivity contribution in [2.45, 2.75) is 13.0 Å². The summed E-state index contributed by atoms with van der Waals surface area (Å²) in [7, 11) is 0. The molecule has 1 atom stereocenters. The molecular weight excluding hydrogens is 214 g/mol. The zero-order valence-corrected chi connectivity index (χ0v) is 8.56. The van der Waals surface area contributed by atoms with E-state index in [1.54, 1.807) is 13.1 Å². The molecule has 0 aliphatic rings. The maximum atomic E-state index is 13.0. The number of hydrogen-bond acceptors (Lipinski definition) is 3. The molecule has 0 bridgehead atoms. The third-order valence-electron chi connectivity index (χ3n) is 2.15. The molecule has 6 heteroatoms. The Kier molecular flexibility index (Phi) is 2.66. The van der Waals surface area contributed by atoms with E-state index in [0.29, 0.717) is 11.4 Å². The van der Waals surface area contributed by atoms with Gasteiger partial charge in [-0.15, -0.1) is 5.10 Å². The van der Waals surface area contributed by atoms with Crippen molar-refractivity contribution in [1.82, 2.24) is 15.0 Å². The highest BCUT2D eigenvalue weighted by Crippen LogP contribution is 2.13. The summed E-state index contributed by atoms with van der Waals surface area (Å²) in [6.45, 7) is 1.76. The van der Waals surface area contributed by atoms with Gasteiger partial charge in [0.15, 0.2) is 11.6 Å². The normalized spacial score (nSPS) is 12.8. The first-order chi connectivity index (χ1) is 7.58. The zero-order chi connectivity index (χ0) is 11.7. The molecule has 4 nitrogen and oxygen atoms in total. The van der Waals surface area contributed by atoms with Crippen LogP contribution in [0.5, 0.6) is 0 Å². The quantitative estimate of drug-likeness (QED) is 0.842. The summed E-state index contributed by atoms with van der Waals surface area (Å²) >= 11 is 0. The maximum absolute atomic E-state index is 13.0. The van der Waals surface area contributed by atoms with Crippen LogP contribution >= 0.6 is 0 Å². The van der Waals surface area contributed by atoms with E-state index >= 15 is 0 Å². The summed E-state index contributed by atoms with van der Waals surface area (Å²) < 4.78 is 27.0. The van der Waals surface area contributed by atoms with Crippen LogP contribution in [-0.2, 0) is 0 Å². The lowest BCUT2D eigenvalue weighted by atomic mass is 10.3. The largest absolute Gasteiger partial charge is 0.323 e. The highest BCUT2D eigenvalue weighted by Gasteiger charge is 2.08. The molecule has 0 spiro atoms. The Morgan fingerprint density at radius 2 is 2.06 bits per heavy atom. The molecule has 1 unspecified atom stereocenters. The lowest BCUT2D eigenvalue weighted by Gasteiger charge is -2.00. The molecule has 84 valence electrons. The van der Waals surface area contributed by atoms with E-state index in [2.05, 4.69) is 10.3 Å². The van der Waals surface area contributed by atoms with Gasteiger partial charge in [0.2, 0.25) is 0 Å². The third-order valence-corrected chi connectivity index (χ3v) is 2.15. The lowest BCUT2D eigenvalue weighted by Crippen LogP contribution is -2.04. The number of benzene rings is 1. The minimum atomic E-state index is -0.921. The van der Waals surface area contributed by atoms with Gasteiger partial charge in [-0.3, -0.25) is 0 Å². The second kappa shape index (κ2) is 3.97. The molecule has 0 aliphatic carbocycles. The molecule has 0 aliphatic heterocycles. The van der Waals surface area contributed by atoms with Crippen molar-refractivity contribution in [3.8, 4) is 5.69 Å². The van der Waals surface area contributed by atoms with Gasteiger partial charge in [0.05, 0.1) is 17.6 Å². The van der Waals surface area contributed by atoms with Crippen LogP contribution in [0.2, 0.25) is 0 Å². The van der Waals surface area contributed by atoms with Crippen molar-refractivity contribution in [2.75, 3.05) is 0 Å². The SMILES string of the molecule is CC(N)c1cn(-c2ccc(F)c(F)c2)nn1. The van der Waals surface area contributed by atoms with Gasteiger partial charge in [-0.1, -0.05) is 5.21 Å². The fourth-order valence-corrected chi connectivity index (χ4v) is 1.24. The molecule has 2 aromatic rings. The molecule has 0 radical (unpaired) electrons. The molecule has 1 heterocycles. The van der Waals surface area contributed by atoms with E-state index in [0.717, 1.165) is 12.1 Å². The summed E-state index contributed by atoms with van der Waals surface area (Å²) in [4.78, 5) is 0. The highest BCUT2D eigenvalue weighted by molar-refractivity contribution is 5.31. The zero-order valence-electron chi connectivity index (χ0n) is 8.56. The Morgan fingerprint density at radius 3 is 2.62 bits per heavy atom. The summed E-state index contributed by atoms with van der Waals surface area (Å²) in [5, 5.41) is 7.59. The van der Waals surface area contributed by atoms with E-state index in [9.17, 15) is 8.78 Å². The molecule has 2 rings (SSSR count). The molecule has 0 fully saturated rings. The van der Waals surface area contributed by atoms with Crippen LogP contribution in [0.3, 0.4) is 0 Å². The summed E-state index contributed by atoms with van der Waals surface area (Å²) in [6, 6.07) is 3.25. The Bertz CT molecular complexity index is 507. The van der Waals surface area contributed by atoms with Crippen LogP contribution in [0, 0.1) is 11.6 Å². The number of halogens is 2. The molecule has 1 aromatic heterocycles. The molecule has 2 N–H and O–H groups in total. The standard InChI is InChI=1S/C10H10F2N4/c1-6(13)10-5-16(15-14-10)7-2-3-8(11)9(12)4-7/h2-6H,13H2,1H3. The van der Waals surface area contributed by atoms with Gasteiger partial charge in [0.1, 0.15) is 0 Å². The first kappa shape index (κ1) is 10.7. The van der Waals surface area contributed by atoms with E-state index < -0.39 is 11.6 Å². The predicted octanol–water partition coefficient (Wildman–Crippen LogP) is 1.57. The molecule has 1 aromatic carbocycles. The average molecular weight is 224 g/mol. The van der Waals surface area contributed by atoms with Crippen LogP contribution in [0.15, 0.2) is 24.4 Å². The Morgan fingerprint density at radius 1 is 1.31 bits per heavy atom. The van der Waals surface area contributed by atoms with Crippen LogP contribution in [0.4, 0.5) is 8.78 Å². The fraction of sp³-hybridized carbons (Fsp3) is 0.200. The van der Waals surface area contributed by atoms with Gasteiger partial charge in [-0.25, -0.2) is 13.5 Å². The van der Waals surface area contributed by atoms with Gasteiger partial charge in [0, 0.05) is 12.1 Å². The van der Waals surface area contributed by atoms with Crippen molar-refractivity contribution in [3.05, 3.63) is 41.7 Å². The number of nitrogens with two attached hydrogens (primary N) is 1. The molecule has 0 saturated heterocycles. The lowest BCUT2D eigenvalue weighted by molar-refractivity contribution is 0.507. The van der Waals surface area contributed by atoms with Crippen molar-refractivity contribution in [3.63, 3.8) is 0 Å². The average Bonchev–Trinajstić information content (AvgIpc) is 2.71. The number of aromatic nitrogens is 3. The van der Waals surface area contributed by atoms with Crippen LogP contribution in [-0.4, -0.2) is 15.0 Å². The minimum absolute atomic E-state index is 0.251. The molecule has 0 saturated carbocycles. The maximum Gasteiger partial charge on any atom is 0.160 e. The topological polar surface area (TPSA) is 56.7 Å². The van der Waals surface area contributed by atoms with Crippen LogP contribution in [0.1, 0.15) is 18.7 Å². The smallest absolute Gasteiger partial charge is 0.160 e. The summed E-state index contributed by atoms with van der Waals surface area (Å²) in [5.41, 5.74) is 6.60. The molecular formula is C10H10F2N4. The number of hydrogen-bond donors (Lipinski definition) is 1. The van der Waals surface area contributed by atoms with E-state index in [1.165, 1.54) is 10.7 Å². The van der Waals surface area contributed by atoms with Gasteiger partial charge in [0.25, 0.3) is 0 Å². The number of nitrogens with zero attached hydrogens (tertiary/aromatic N) is 3. The van der Waals surface area contributed by atoms with Crippen molar-refractivity contribution >= 4 is 0 Å². The van der Waals surface area contributed by atoms with Crippen LogP contribution < -0.4 is 5.73 Å². The van der Waals surface area contributed by atoms with E-state index in [1.807, 2.05) is 0 Å². The second-order valence-electron chi connectivity index (χ2n) is 3.48. The first-order valence-electron chi connectivity index (χ1n) is 4.71. The van der Waals surface area contributed by atoms with Gasteiger partial charge < -0.3 is 5.73 Å². The minimum Gasteiger partial charge on any atom is -0.323 e. The predicted molar refractivity (Wildman–Crippen MR) is 53.9 cm³/mol. The fourth-order valence-electron chi connectivity index (χ4n) is 1.24. The first-order valence-corrected chi connectivity index (χ1v) is 4.71. The van der Waals surface area contributed by atoms with Crippen molar-refractivity contribution in [1.29, 1.82) is 0 Å². The summed E-state index contributed by atoms with van der Waals surface area (Å²) in [6.07, 6.45) is 1.58. The Balaban J connectivity index is 2.39. The van der Waals surface area contributed by atoms with Crippen molar-refractivity contribution < 1.29 is 8.78 Å². The van der Waals surface area contributed by atoms with Crippen LogP contribution in [0.25, 0.3) is 5.69 Å². The molecule has 0 amide bonds. The number of rotatable bonds is 2.